The first-order valence-electron chi connectivity index (χ1n) is 6.88. The van der Waals surface area contributed by atoms with E-state index < -0.39 is 0 Å². The monoisotopic (exact) mass is 249 g/mol. The average Bonchev–Trinajstić information content (AvgIpc) is 2.37. The SMILES string of the molecule is CCOc1cc(OC2CCC(C)CC2)ccc1N. The quantitative estimate of drug-likeness (QED) is 0.829. The summed E-state index contributed by atoms with van der Waals surface area (Å²) in [7, 11) is 0. The lowest BCUT2D eigenvalue weighted by Crippen LogP contribution is -2.23. The van der Waals surface area contributed by atoms with Gasteiger partial charge in [0.25, 0.3) is 0 Å². The third-order valence-corrected chi connectivity index (χ3v) is 3.55. The zero-order valence-electron chi connectivity index (χ0n) is 11.3. The molecule has 2 N–H and O–H groups in total. The minimum Gasteiger partial charge on any atom is -0.492 e. The molecule has 100 valence electrons. The van der Waals surface area contributed by atoms with Crippen LogP contribution in [-0.4, -0.2) is 12.7 Å². The van der Waals surface area contributed by atoms with E-state index in [-0.39, 0.29) is 0 Å². The van der Waals surface area contributed by atoms with Crippen LogP contribution >= 0.6 is 0 Å². The van der Waals surface area contributed by atoms with E-state index in [1.54, 1.807) is 0 Å². The van der Waals surface area contributed by atoms with Crippen LogP contribution in [0.2, 0.25) is 0 Å². The van der Waals surface area contributed by atoms with Crippen molar-refractivity contribution in [2.75, 3.05) is 12.3 Å². The maximum atomic E-state index is 6.01. The molecule has 3 nitrogen and oxygen atoms in total. The zero-order chi connectivity index (χ0) is 13.0. The van der Waals surface area contributed by atoms with Gasteiger partial charge < -0.3 is 15.2 Å². The molecule has 0 atom stereocenters. The minimum atomic E-state index is 0.347. The standard InChI is InChI=1S/C15H23NO2/c1-3-17-15-10-13(8-9-14(15)16)18-12-6-4-11(2)5-7-12/h8-12H,3-7,16H2,1-2H3. The summed E-state index contributed by atoms with van der Waals surface area (Å²) >= 11 is 0. The van der Waals surface area contributed by atoms with Gasteiger partial charge in [0.05, 0.1) is 18.4 Å². The molecule has 1 aromatic rings. The molecule has 1 aliphatic carbocycles. The van der Waals surface area contributed by atoms with Gasteiger partial charge in [0.1, 0.15) is 11.5 Å². The molecule has 1 fully saturated rings. The van der Waals surface area contributed by atoms with Gasteiger partial charge in [-0.1, -0.05) is 6.92 Å². The number of benzene rings is 1. The zero-order valence-corrected chi connectivity index (χ0v) is 11.3. The van der Waals surface area contributed by atoms with Crippen molar-refractivity contribution < 1.29 is 9.47 Å². The summed E-state index contributed by atoms with van der Waals surface area (Å²) in [6.45, 7) is 4.89. The molecule has 0 amide bonds. The molecule has 0 aromatic heterocycles. The Morgan fingerprint density at radius 1 is 1.22 bits per heavy atom. The number of anilines is 1. The van der Waals surface area contributed by atoms with Crippen molar-refractivity contribution in [2.24, 2.45) is 5.92 Å². The summed E-state index contributed by atoms with van der Waals surface area (Å²) in [5.41, 5.74) is 6.51. The largest absolute Gasteiger partial charge is 0.492 e. The fraction of sp³-hybridized carbons (Fsp3) is 0.600. The summed E-state index contributed by atoms with van der Waals surface area (Å²) in [6.07, 6.45) is 5.17. The highest BCUT2D eigenvalue weighted by Crippen LogP contribution is 2.31. The second kappa shape index (κ2) is 5.98. The Morgan fingerprint density at radius 2 is 1.94 bits per heavy atom. The topological polar surface area (TPSA) is 44.5 Å². The van der Waals surface area contributed by atoms with Gasteiger partial charge in [0, 0.05) is 6.07 Å². The summed E-state index contributed by atoms with van der Waals surface area (Å²) in [6, 6.07) is 5.68. The Balaban J connectivity index is 1.98. The first kappa shape index (κ1) is 13.1. The Bertz CT molecular complexity index is 384. The molecule has 0 radical (unpaired) electrons. The van der Waals surface area contributed by atoms with E-state index in [0.29, 0.717) is 18.4 Å². The molecule has 3 heteroatoms. The van der Waals surface area contributed by atoms with Crippen LogP contribution < -0.4 is 15.2 Å². The van der Waals surface area contributed by atoms with Crippen LogP contribution in [0.1, 0.15) is 39.5 Å². The second-order valence-corrected chi connectivity index (χ2v) is 5.13. The molecule has 0 bridgehead atoms. The second-order valence-electron chi connectivity index (χ2n) is 5.13. The van der Waals surface area contributed by atoms with Crippen LogP contribution in [0.15, 0.2) is 18.2 Å². The summed E-state index contributed by atoms with van der Waals surface area (Å²) in [4.78, 5) is 0. The Kier molecular flexibility index (Phi) is 4.34. The van der Waals surface area contributed by atoms with Crippen molar-refractivity contribution in [1.82, 2.24) is 0 Å². The third kappa shape index (κ3) is 3.31. The fourth-order valence-corrected chi connectivity index (χ4v) is 2.41. The highest BCUT2D eigenvalue weighted by atomic mass is 16.5. The minimum absolute atomic E-state index is 0.347. The lowest BCUT2D eigenvalue weighted by atomic mass is 9.89. The molecule has 0 aliphatic heterocycles. The van der Waals surface area contributed by atoms with Crippen LogP contribution in [0.4, 0.5) is 5.69 Å². The van der Waals surface area contributed by atoms with E-state index in [2.05, 4.69) is 6.92 Å². The maximum absolute atomic E-state index is 6.01. The van der Waals surface area contributed by atoms with Crippen molar-refractivity contribution in [1.29, 1.82) is 0 Å². The molecule has 0 unspecified atom stereocenters. The van der Waals surface area contributed by atoms with E-state index in [1.165, 1.54) is 12.8 Å². The number of ether oxygens (including phenoxy) is 2. The Labute approximate surface area is 109 Å². The molecule has 2 rings (SSSR count). The summed E-state index contributed by atoms with van der Waals surface area (Å²) < 4.78 is 11.5. The summed E-state index contributed by atoms with van der Waals surface area (Å²) in [5.74, 6) is 2.43. The van der Waals surface area contributed by atoms with E-state index in [4.69, 9.17) is 15.2 Å². The lowest BCUT2D eigenvalue weighted by molar-refractivity contribution is 0.135. The molecular formula is C15H23NO2. The molecule has 0 spiro atoms. The molecule has 0 saturated heterocycles. The van der Waals surface area contributed by atoms with Gasteiger partial charge in [-0.15, -0.1) is 0 Å². The number of nitrogens with two attached hydrogens (primary N) is 1. The number of rotatable bonds is 4. The van der Waals surface area contributed by atoms with Crippen LogP contribution in [0, 0.1) is 5.92 Å². The van der Waals surface area contributed by atoms with Gasteiger partial charge in [-0.2, -0.15) is 0 Å². The molecule has 18 heavy (non-hydrogen) atoms. The predicted molar refractivity (Wildman–Crippen MR) is 74.1 cm³/mol. The molecular weight excluding hydrogens is 226 g/mol. The highest BCUT2D eigenvalue weighted by molar-refractivity contribution is 5.55. The third-order valence-electron chi connectivity index (χ3n) is 3.55. The van der Waals surface area contributed by atoms with Crippen molar-refractivity contribution in [3.05, 3.63) is 18.2 Å². The van der Waals surface area contributed by atoms with Gasteiger partial charge in [0.15, 0.2) is 0 Å². The number of hydrogen-bond acceptors (Lipinski definition) is 3. The first-order valence-corrected chi connectivity index (χ1v) is 6.88. The predicted octanol–water partition coefficient (Wildman–Crippen LogP) is 3.63. The smallest absolute Gasteiger partial charge is 0.145 e. The molecule has 1 saturated carbocycles. The first-order chi connectivity index (χ1) is 8.69. The van der Waals surface area contributed by atoms with Crippen molar-refractivity contribution in [3.8, 4) is 11.5 Å². The van der Waals surface area contributed by atoms with Gasteiger partial charge in [-0.05, 0) is 50.7 Å². The highest BCUT2D eigenvalue weighted by Gasteiger charge is 2.19. The number of nitrogen functional groups attached to an aromatic ring is 1. The van der Waals surface area contributed by atoms with E-state index >= 15 is 0 Å². The van der Waals surface area contributed by atoms with Gasteiger partial charge in [0.2, 0.25) is 0 Å². The van der Waals surface area contributed by atoms with Crippen molar-refractivity contribution in [2.45, 2.75) is 45.6 Å². The van der Waals surface area contributed by atoms with Gasteiger partial charge >= 0.3 is 0 Å². The molecule has 1 aliphatic rings. The average molecular weight is 249 g/mol. The molecule has 1 aromatic carbocycles. The van der Waals surface area contributed by atoms with E-state index in [1.807, 2.05) is 25.1 Å². The van der Waals surface area contributed by atoms with E-state index in [9.17, 15) is 0 Å². The fourth-order valence-electron chi connectivity index (χ4n) is 2.41. The van der Waals surface area contributed by atoms with Crippen LogP contribution in [0.5, 0.6) is 11.5 Å². The van der Waals surface area contributed by atoms with Gasteiger partial charge in [-0.3, -0.25) is 0 Å². The maximum Gasteiger partial charge on any atom is 0.145 e. The normalized spacial score (nSPS) is 23.7. The Morgan fingerprint density at radius 3 is 2.61 bits per heavy atom. The van der Waals surface area contributed by atoms with Crippen molar-refractivity contribution in [3.63, 3.8) is 0 Å². The lowest BCUT2D eigenvalue weighted by Gasteiger charge is -2.27. The van der Waals surface area contributed by atoms with Gasteiger partial charge in [-0.25, -0.2) is 0 Å². The molecule has 0 heterocycles. The van der Waals surface area contributed by atoms with Crippen molar-refractivity contribution >= 4 is 5.69 Å². The number of hydrogen-bond donors (Lipinski definition) is 1. The van der Waals surface area contributed by atoms with Crippen LogP contribution in [0.25, 0.3) is 0 Å². The Hall–Kier alpha value is -1.38. The van der Waals surface area contributed by atoms with E-state index in [0.717, 1.165) is 30.3 Å². The van der Waals surface area contributed by atoms with Crippen LogP contribution in [-0.2, 0) is 0 Å². The summed E-state index contributed by atoms with van der Waals surface area (Å²) in [5, 5.41) is 0. The van der Waals surface area contributed by atoms with Crippen LogP contribution in [0.3, 0.4) is 0 Å².